The van der Waals surface area contributed by atoms with E-state index in [9.17, 15) is 4.79 Å². The molecule has 174 valence electrons. The molecule has 0 radical (unpaired) electrons. The number of thioether (sulfide) groups is 1. The first-order valence-corrected chi connectivity index (χ1v) is 11.9. The van der Waals surface area contributed by atoms with E-state index in [-0.39, 0.29) is 18.3 Å². The van der Waals surface area contributed by atoms with Gasteiger partial charge in [-0.15, -0.1) is 16.8 Å². The molecule has 33 heavy (non-hydrogen) atoms. The van der Waals surface area contributed by atoms with Crippen molar-refractivity contribution in [1.29, 1.82) is 0 Å². The molecule has 1 N–H and O–H groups in total. The van der Waals surface area contributed by atoms with E-state index in [1.54, 1.807) is 24.3 Å². The quantitative estimate of drug-likeness (QED) is 0.262. The minimum Gasteiger partial charge on any atom is -0.490 e. The number of rotatable bonds is 11. The maximum Gasteiger partial charge on any atom is 0.234 e. The predicted molar refractivity (Wildman–Crippen MR) is 133 cm³/mol. The molecule has 2 aromatic carbocycles. The van der Waals surface area contributed by atoms with E-state index < -0.39 is 0 Å². The number of amides is 1. The lowest BCUT2D eigenvalue weighted by Gasteiger charge is -2.13. The summed E-state index contributed by atoms with van der Waals surface area (Å²) in [4.78, 5) is 12.4. The molecule has 0 saturated carbocycles. The number of aromatic nitrogens is 3. The molecule has 0 bridgehead atoms. The Morgan fingerprint density at radius 1 is 1.18 bits per heavy atom. The van der Waals surface area contributed by atoms with Gasteiger partial charge in [0.15, 0.2) is 22.5 Å². The number of hydrogen-bond donors (Lipinski definition) is 1. The standard InChI is InChI=1S/C23H24Cl2N4O3S/c1-4-10-29-21(13-32-19-9-6-15(3)11-20(19)31-5-2)27-28-23(29)33-14-22(30)26-18-8-7-16(24)12-17(18)25/h4,6-9,11-12H,1,5,10,13-14H2,2-3H3,(H,26,30). The fourth-order valence-corrected chi connectivity index (χ4v) is 4.12. The van der Waals surface area contributed by atoms with Gasteiger partial charge in [-0.05, 0) is 49.7 Å². The highest BCUT2D eigenvalue weighted by Crippen LogP contribution is 2.29. The largest absolute Gasteiger partial charge is 0.490 e. The van der Waals surface area contributed by atoms with E-state index in [4.69, 9.17) is 32.7 Å². The van der Waals surface area contributed by atoms with Crippen molar-refractivity contribution in [2.45, 2.75) is 32.2 Å². The third-order valence-electron chi connectivity index (χ3n) is 4.40. The summed E-state index contributed by atoms with van der Waals surface area (Å²) < 4.78 is 13.5. The fourth-order valence-electron chi connectivity index (χ4n) is 2.90. The SMILES string of the molecule is C=CCn1c(COc2ccc(C)cc2OCC)nnc1SCC(=O)Nc1ccc(Cl)cc1Cl. The minimum atomic E-state index is -0.226. The van der Waals surface area contributed by atoms with E-state index in [2.05, 4.69) is 22.1 Å². The maximum atomic E-state index is 12.4. The summed E-state index contributed by atoms with van der Waals surface area (Å²) in [6.07, 6.45) is 1.74. The Kier molecular flexibility index (Phi) is 9.05. The maximum absolute atomic E-state index is 12.4. The summed E-state index contributed by atoms with van der Waals surface area (Å²) in [5, 5.41) is 12.7. The zero-order valence-corrected chi connectivity index (χ0v) is 20.6. The molecule has 0 aliphatic rings. The number of aryl methyl sites for hydroxylation is 1. The van der Waals surface area contributed by atoms with Gasteiger partial charge in [0.2, 0.25) is 5.91 Å². The van der Waals surface area contributed by atoms with Crippen LogP contribution in [0.15, 0.2) is 54.2 Å². The van der Waals surface area contributed by atoms with Crippen molar-refractivity contribution in [3.63, 3.8) is 0 Å². The second-order valence-corrected chi connectivity index (χ2v) is 8.72. The Morgan fingerprint density at radius 3 is 2.73 bits per heavy atom. The molecule has 7 nitrogen and oxygen atoms in total. The van der Waals surface area contributed by atoms with Gasteiger partial charge < -0.3 is 14.8 Å². The molecular formula is C23H24Cl2N4O3S. The Labute approximate surface area is 207 Å². The van der Waals surface area contributed by atoms with Crippen molar-refractivity contribution in [3.05, 3.63) is 70.5 Å². The number of halogens is 2. The van der Waals surface area contributed by atoms with Gasteiger partial charge in [0.05, 0.1) is 23.1 Å². The number of allylic oxidation sites excluding steroid dienone is 1. The van der Waals surface area contributed by atoms with Gasteiger partial charge in [0, 0.05) is 11.6 Å². The second kappa shape index (κ2) is 12.0. The molecule has 0 aliphatic heterocycles. The number of ether oxygens (including phenoxy) is 2. The van der Waals surface area contributed by atoms with Crippen molar-refractivity contribution < 1.29 is 14.3 Å². The van der Waals surface area contributed by atoms with Crippen LogP contribution < -0.4 is 14.8 Å². The highest BCUT2D eigenvalue weighted by molar-refractivity contribution is 7.99. The summed E-state index contributed by atoms with van der Waals surface area (Å²) >= 11 is 13.3. The van der Waals surface area contributed by atoms with Gasteiger partial charge in [-0.25, -0.2) is 0 Å². The average Bonchev–Trinajstić information content (AvgIpc) is 3.16. The van der Waals surface area contributed by atoms with Crippen LogP contribution in [0.5, 0.6) is 11.5 Å². The van der Waals surface area contributed by atoms with Crippen LogP contribution in [0.1, 0.15) is 18.3 Å². The number of nitrogens with zero attached hydrogens (tertiary/aromatic N) is 3. The molecule has 0 atom stereocenters. The first kappa shape index (κ1) is 25.0. The van der Waals surface area contributed by atoms with Crippen molar-refractivity contribution in [2.75, 3.05) is 17.7 Å². The molecule has 0 aliphatic carbocycles. The van der Waals surface area contributed by atoms with Crippen LogP contribution in [-0.2, 0) is 17.9 Å². The summed E-state index contributed by atoms with van der Waals surface area (Å²) in [6.45, 7) is 8.93. The highest BCUT2D eigenvalue weighted by Gasteiger charge is 2.16. The second-order valence-electron chi connectivity index (χ2n) is 6.93. The number of hydrogen-bond acceptors (Lipinski definition) is 6. The first-order valence-electron chi connectivity index (χ1n) is 10.2. The molecule has 3 aromatic rings. The lowest BCUT2D eigenvalue weighted by molar-refractivity contribution is -0.113. The molecule has 1 aromatic heterocycles. The third-order valence-corrected chi connectivity index (χ3v) is 5.91. The van der Waals surface area contributed by atoms with Crippen LogP contribution in [0.4, 0.5) is 5.69 Å². The predicted octanol–water partition coefficient (Wildman–Crippen LogP) is 5.79. The molecule has 0 fully saturated rings. The van der Waals surface area contributed by atoms with Crippen LogP contribution in [-0.4, -0.2) is 33.0 Å². The van der Waals surface area contributed by atoms with E-state index in [0.717, 1.165) is 5.56 Å². The lowest BCUT2D eigenvalue weighted by atomic mass is 10.2. The Morgan fingerprint density at radius 2 is 2.00 bits per heavy atom. The van der Waals surface area contributed by atoms with Crippen LogP contribution in [0.2, 0.25) is 10.0 Å². The number of carbonyl (C=O) groups is 1. The monoisotopic (exact) mass is 506 g/mol. The topological polar surface area (TPSA) is 78.3 Å². The van der Waals surface area contributed by atoms with Crippen LogP contribution in [0.3, 0.4) is 0 Å². The van der Waals surface area contributed by atoms with Gasteiger partial charge in [0.25, 0.3) is 0 Å². The fraction of sp³-hybridized carbons (Fsp3) is 0.261. The van der Waals surface area contributed by atoms with Crippen molar-refractivity contribution in [1.82, 2.24) is 14.8 Å². The zero-order chi connectivity index (χ0) is 23.8. The number of carbonyl (C=O) groups excluding carboxylic acids is 1. The first-order chi connectivity index (χ1) is 15.9. The molecule has 3 rings (SSSR count). The molecule has 1 amide bonds. The number of anilines is 1. The molecular weight excluding hydrogens is 483 g/mol. The van der Waals surface area contributed by atoms with Crippen molar-refractivity contribution in [2.24, 2.45) is 0 Å². The Bertz CT molecular complexity index is 1140. The number of benzene rings is 2. The third kappa shape index (κ3) is 6.90. The summed E-state index contributed by atoms with van der Waals surface area (Å²) in [5.41, 5.74) is 1.58. The van der Waals surface area contributed by atoms with Gasteiger partial charge in [-0.1, -0.05) is 47.1 Å². The summed E-state index contributed by atoms with van der Waals surface area (Å²) in [5.74, 6) is 1.82. The van der Waals surface area contributed by atoms with Crippen LogP contribution in [0, 0.1) is 6.92 Å². The Hall–Kier alpha value is -2.68. The molecule has 0 unspecified atom stereocenters. The molecule has 0 saturated heterocycles. The van der Waals surface area contributed by atoms with Crippen LogP contribution in [0.25, 0.3) is 0 Å². The summed E-state index contributed by atoms with van der Waals surface area (Å²) in [7, 11) is 0. The minimum absolute atomic E-state index is 0.127. The van der Waals surface area contributed by atoms with Crippen molar-refractivity contribution in [3.8, 4) is 11.5 Å². The summed E-state index contributed by atoms with van der Waals surface area (Å²) in [6, 6.07) is 10.7. The van der Waals surface area contributed by atoms with E-state index in [1.165, 1.54) is 11.8 Å². The molecule has 10 heteroatoms. The van der Waals surface area contributed by atoms with E-state index >= 15 is 0 Å². The van der Waals surface area contributed by atoms with Gasteiger partial charge in [-0.3, -0.25) is 9.36 Å². The lowest BCUT2D eigenvalue weighted by Crippen LogP contribution is -2.15. The van der Waals surface area contributed by atoms with E-state index in [0.29, 0.717) is 51.4 Å². The van der Waals surface area contributed by atoms with Crippen LogP contribution >= 0.6 is 35.0 Å². The van der Waals surface area contributed by atoms with Gasteiger partial charge in [-0.2, -0.15) is 0 Å². The Balaban J connectivity index is 1.65. The molecule has 0 spiro atoms. The van der Waals surface area contributed by atoms with Crippen molar-refractivity contribution >= 4 is 46.6 Å². The number of nitrogens with one attached hydrogen (secondary N) is 1. The smallest absolute Gasteiger partial charge is 0.234 e. The molecule has 1 heterocycles. The van der Waals surface area contributed by atoms with Gasteiger partial charge in [0.1, 0.15) is 6.61 Å². The van der Waals surface area contributed by atoms with E-state index in [1.807, 2.05) is 36.6 Å². The highest BCUT2D eigenvalue weighted by atomic mass is 35.5. The van der Waals surface area contributed by atoms with Gasteiger partial charge >= 0.3 is 0 Å². The normalized spacial score (nSPS) is 10.7. The average molecular weight is 507 g/mol. The zero-order valence-electron chi connectivity index (χ0n) is 18.3.